The van der Waals surface area contributed by atoms with Crippen LogP contribution in [0.2, 0.25) is 0 Å². The monoisotopic (exact) mass is 136 g/mol. The van der Waals surface area contributed by atoms with Crippen LogP contribution in [0.3, 0.4) is 0 Å². The molecule has 0 N–H and O–H groups in total. The van der Waals surface area contributed by atoms with E-state index in [1.807, 2.05) is 0 Å². The van der Waals surface area contributed by atoms with Gasteiger partial charge in [-0.1, -0.05) is 19.4 Å². The Kier molecular flexibility index (Phi) is 1.05. The van der Waals surface area contributed by atoms with Crippen LogP contribution in [0.5, 0.6) is 0 Å². The number of ketones is 1. The summed E-state index contributed by atoms with van der Waals surface area (Å²) in [6.45, 7) is 2.20. The predicted octanol–water partition coefficient (Wildman–Crippen LogP) is 1.93. The molecular formula is C9H12O. The van der Waals surface area contributed by atoms with Gasteiger partial charge in [0, 0.05) is 5.92 Å². The molecule has 0 aromatic rings. The molecule has 10 heavy (non-hydrogen) atoms. The van der Waals surface area contributed by atoms with Crippen molar-refractivity contribution in [3.05, 3.63) is 12.2 Å². The molecule has 2 unspecified atom stereocenters. The van der Waals surface area contributed by atoms with E-state index >= 15 is 0 Å². The summed E-state index contributed by atoms with van der Waals surface area (Å²) in [6.07, 6.45) is 7.43. The number of fused-ring (bicyclic) bond motifs is 1. The van der Waals surface area contributed by atoms with Gasteiger partial charge in [0.1, 0.15) is 0 Å². The van der Waals surface area contributed by atoms with Crippen molar-refractivity contribution in [2.45, 2.75) is 26.2 Å². The molecule has 1 fully saturated rings. The fourth-order valence-electron chi connectivity index (χ4n) is 2.25. The van der Waals surface area contributed by atoms with E-state index in [1.54, 1.807) is 6.08 Å². The highest BCUT2D eigenvalue weighted by atomic mass is 16.1. The number of carbonyl (C=O) groups is 1. The lowest BCUT2D eigenvalue weighted by Crippen LogP contribution is -2.19. The first-order chi connectivity index (χ1) is 4.72. The van der Waals surface area contributed by atoms with E-state index in [1.165, 1.54) is 12.8 Å². The molecule has 0 aliphatic heterocycles. The molecule has 0 amide bonds. The molecule has 2 atom stereocenters. The summed E-state index contributed by atoms with van der Waals surface area (Å²) in [5.74, 6) is 0.701. The van der Waals surface area contributed by atoms with Crippen LogP contribution >= 0.6 is 0 Å². The van der Waals surface area contributed by atoms with Crippen molar-refractivity contribution in [1.29, 1.82) is 0 Å². The number of hydrogen-bond donors (Lipinski definition) is 0. The van der Waals surface area contributed by atoms with Gasteiger partial charge >= 0.3 is 0 Å². The Labute approximate surface area is 61.1 Å². The maximum atomic E-state index is 11.2. The van der Waals surface area contributed by atoms with Gasteiger partial charge in [-0.15, -0.1) is 0 Å². The van der Waals surface area contributed by atoms with Gasteiger partial charge in [0.05, 0.1) is 0 Å². The fourth-order valence-corrected chi connectivity index (χ4v) is 2.25. The molecule has 1 heteroatoms. The van der Waals surface area contributed by atoms with Gasteiger partial charge < -0.3 is 0 Å². The van der Waals surface area contributed by atoms with Crippen molar-refractivity contribution in [3.8, 4) is 0 Å². The van der Waals surface area contributed by atoms with E-state index in [0.29, 0.717) is 11.7 Å². The molecule has 0 spiro atoms. The molecule has 1 saturated carbocycles. The summed E-state index contributed by atoms with van der Waals surface area (Å²) in [5, 5.41) is 0. The zero-order valence-corrected chi connectivity index (χ0v) is 6.26. The standard InChI is InChI=1S/C9H12O/c1-9-5-2-3-7(9)8(10)4-6-9/h4,6-7H,2-3,5H2,1H3. The number of rotatable bonds is 0. The summed E-state index contributed by atoms with van der Waals surface area (Å²) in [5.41, 5.74) is 0.247. The zero-order valence-electron chi connectivity index (χ0n) is 6.26. The quantitative estimate of drug-likeness (QED) is 0.497. The zero-order chi connectivity index (χ0) is 7.19. The highest BCUT2D eigenvalue weighted by Gasteiger charge is 2.43. The van der Waals surface area contributed by atoms with Crippen molar-refractivity contribution in [3.63, 3.8) is 0 Å². The third-order valence-electron chi connectivity index (χ3n) is 2.98. The van der Waals surface area contributed by atoms with Crippen molar-refractivity contribution in [2.75, 3.05) is 0 Å². The molecule has 0 aromatic carbocycles. The number of carbonyl (C=O) groups excluding carboxylic acids is 1. The SMILES string of the molecule is CC12C=CC(=O)C1CCC2. The third-order valence-corrected chi connectivity index (χ3v) is 2.98. The van der Waals surface area contributed by atoms with Crippen LogP contribution in [0, 0.1) is 11.3 Å². The van der Waals surface area contributed by atoms with E-state index in [-0.39, 0.29) is 5.41 Å². The van der Waals surface area contributed by atoms with Crippen molar-refractivity contribution >= 4 is 5.78 Å². The Morgan fingerprint density at radius 2 is 2.50 bits per heavy atom. The fraction of sp³-hybridized carbons (Fsp3) is 0.667. The van der Waals surface area contributed by atoms with Gasteiger partial charge in [-0.2, -0.15) is 0 Å². The van der Waals surface area contributed by atoms with E-state index in [9.17, 15) is 4.79 Å². The summed E-state index contributed by atoms with van der Waals surface area (Å²) >= 11 is 0. The minimum absolute atomic E-state index is 0.247. The van der Waals surface area contributed by atoms with E-state index in [2.05, 4.69) is 13.0 Å². The van der Waals surface area contributed by atoms with Crippen molar-refractivity contribution in [1.82, 2.24) is 0 Å². The van der Waals surface area contributed by atoms with Crippen LogP contribution in [0.4, 0.5) is 0 Å². The summed E-state index contributed by atoms with van der Waals surface area (Å²) in [7, 11) is 0. The second-order valence-electron chi connectivity index (χ2n) is 3.69. The molecule has 54 valence electrons. The maximum absolute atomic E-state index is 11.2. The highest BCUT2D eigenvalue weighted by Crippen LogP contribution is 2.48. The van der Waals surface area contributed by atoms with E-state index in [0.717, 1.165) is 6.42 Å². The van der Waals surface area contributed by atoms with Gasteiger partial charge in [-0.25, -0.2) is 0 Å². The molecule has 0 aromatic heterocycles. The smallest absolute Gasteiger partial charge is 0.159 e. The van der Waals surface area contributed by atoms with Gasteiger partial charge in [0.2, 0.25) is 0 Å². The Morgan fingerprint density at radius 3 is 3.20 bits per heavy atom. The first-order valence-electron chi connectivity index (χ1n) is 3.95. The van der Waals surface area contributed by atoms with Crippen LogP contribution in [-0.2, 0) is 4.79 Å². The lowest BCUT2D eigenvalue weighted by atomic mass is 9.83. The second-order valence-corrected chi connectivity index (χ2v) is 3.69. The molecule has 2 rings (SSSR count). The van der Waals surface area contributed by atoms with Crippen molar-refractivity contribution in [2.24, 2.45) is 11.3 Å². The van der Waals surface area contributed by atoms with Crippen LogP contribution in [-0.4, -0.2) is 5.78 Å². The Balaban J connectivity index is 2.35. The van der Waals surface area contributed by atoms with Crippen LogP contribution in [0.25, 0.3) is 0 Å². The van der Waals surface area contributed by atoms with Crippen LogP contribution < -0.4 is 0 Å². The Morgan fingerprint density at radius 1 is 1.70 bits per heavy atom. The van der Waals surface area contributed by atoms with Gasteiger partial charge in [0.15, 0.2) is 5.78 Å². The minimum Gasteiger partial charge on any atom is -0.295 e. The predicted molar refractivity (Wildman–Crippen MR) is 39.6 cm³/mol. The third kappa shape index (κ3) is 0.606. The molecule has 1 nitrogen and oxygen atoms in total. The highest BCUT2D eigenvalue weighted by molar-refractivity contribution is 5.95. The second kappa shape index (κ2) is 1.71. The maximum Gasteiger partial charge on any atom is 0.159 e. The molecule has 0 bridgehead atoms. The largest absolute Gasteiger partial charge is 0.295 e. The Hall–Kier alpha value is -0.590. The van der Waals surface area contributed by atoms with Gasteiger partial charge in [0.25, 0.3) is 0 Å². The molecule has 0 saturated heterocycles. The van der Waals surface area contributed by atoms with E-state index in [4.69, 9.17) is 0 Å². The lowest BCUT2D eigenvalue weighted by Gasteiger charge is -2.19. The minimum atomic E-state index is 0.247. The molecule has 2 aliphatic carbocycles. The normalized spacial score (nSPS) is 44.5. The molecule has 0 heterocycles. The average molecular weight is 136 g/mol. The first-order valence-corrected chi connectivity index (χ1v) is 3.95. The lowest BCUT2D eigenvalue weighted by molar-refractivity contribution is -0.118. The topological polar surface area (TPSA) is 17.1 Å². The van der Waals surface area contributed by atoms with Crippen LogP contribution in [0.15, 0.2) is 12.2 Å². The summed E-state index contributed by atoms with van der Waals surface area (Å²) in [6, 6.07) is 0. The number of allylic oxidation sites excluding steroid dienone is 2. The molecule has 0 radical (unpaired) electrons. The number of hydrogen-bond acceptors (Lipinski definition) is 1. The summed E-state index contributed by atoms with van der Waals surface area (Å²) in [4.78, 5) is 11.2. The average Bonchev–Trinajstić information content (AvgIpc) is 2.35. The molecular weight excluding hydrogens is 124 g/mol. The van der Waals surface area contributed by atoms with Crippen LogP contribution in [0.1, 0.15) is 26.2 Å². The van der Waals surface area contributed by atoms with Crippen molar-refractivity contribution < 1.29 is 4.79 Å². The molecule has 2 aliphatic rings. The Bertz CT molecular complexity index is 205. The van der Waals surface area contributed by atoms with Gasteiger partial charge in [-0.05, 0) is 24.3 Å². The summed E-state index contributed by atoms with van der Waals surface area (Å²) < 4.78 is 0. The van der Waals surface area contributed by atoms with Gasteiger partial charge in [-0.3, -0.25) is 4.79 Å². The first kappa shape index (κ1) is 6.14. The van der Waals surface area contributed by atoms with E-state index < -0.39 is 0 Å².